The number of hydrogen-bond donors (Lipinski definition) is 1. The summed E-state index contributed by atoms with van der Waals surface area (Å²) < 4.78 is 11.1. The van der Waals surface area contributed by atoms with E-state index in [1.165, 1.54) is 6.42 Å². The lowest BCUT2D eigenvalue weighted by molar-refractivity contribution is 0.0263. The van der Waals surface area contributed by atoms with Crippen LogP contribution in [0.15, 0.2) is 10.5 Å². The van der Waals surface area contributed by atoms with E-state index in [1.54, 1.807) is 7.11 Å². The Balaban J connectivity index is 1.95. The van der Waals surface area contributed by atoms with Gasteiger partial charge in [0.15, 0.2) is 0 Å². The Kier molecular flexibility index (Phi) is 4.20. The molecule has 1 aromatic rings. The standard InChI is InChI=1S/C13H22N2O2/c1-10-11(7-14)6-13(17-10)9-15-5-3-4-12(8-15)16-2/h6,12H,3-5,7-9,14H2,1-2H3. The van der Waals surface area contributed by atoms with Crippen LogP contribution in [0.5, 0.6) is 0 Å². The lowest BCUT2D eigenvalue weighted by Crippen LogP contribution is -2.38. The summed E-state index contributed by atoms with van der Waals surface area (Å²) in [5.41, 5.74) is 6.76. The van der Waals surface area contributed by atoms with Gasteiger partial charge in [0.05, 0.1) is 12.6 Å². The van der Waals surface area contributed by atoms with Gasteiger partial charge in [0.2, 0.25) is 0 Å². The lowest BCUT2D eigenvalue weighted by atomic mass is 10.1. The Morgan fingerprint density at radius 2 is 2.41 bits per heavy atom. The third-order valence-corrected chi connectivity index (χ3v) is 3.47. The first-order chi connectivity index (χ1) is 8.22. The lowest BCUT2D eigenvalue weighted by Gasteiger charge is -2.31. The average Bonchev–Trinajstić information content (AvgIpc) is 2.69. The second-order valence-electron chi connectivity index (χ2n) is 4.73. The summed E-state index contributed by atoms with van der Waals surface area (Å²) in [5.74, 6) is 1.96. The van der Waals surface area contributed by atoms with Crippen LogP contribution in [0.4, 0.5) is 0 Å². The topological polar surface area (TPSA) is 51.6 Å². The first kappa shape index (κ1) is 12.6. The highest BCUT2D eigenvalue weighted by Crippen LogP contribution is 2.19. The number of likely N-dealkylation sites (tertiary alicyclic amines) is 1. The predicted octanol–water partition coefficient (Wildman–Crippen LogP) is 1.66. The maximum absolute atomic E-state index is 5.71. The van der Waals surface area contributed by atoms with Crippen molar-refractivity contribution in [3.63, 3.8) is 0 Å². The zero-order valence-corrected chi connectivity index (χ0v) is 10.7. The fourth-order valence-electron chi connectivity index (χ4n) is 2.44. The fourth-order valence-corrected chi connectivity index (χ4v) is 2.44. The molecule has 2 heterocycles. The number of nitrogens with two attached hydrogens (primary N) is 1. The van der Waals surface area contributed by atoms with Gasteiger partial charge >= 0.3 is 0 Å². The summed E-state index contributed by atoms with van der Waals surface area (Å²) in [6.07, 6.45) is 2.73. The van der Waals surface area contributed by atoms with E-state index in [1.807, 2.05) is 6.92 Å². The van der Waals surface area contributed by atoms with Crippen molar-refractivity contribution < 1.29 is 9.15 Å². The molecule has 1 atom stereocenters. The molecule has 1 unspecified atom stereocenters. The fraction of sp³-hybridized carbons (Fsp3) is 0.692. The molecule has 4 heteroatoms. The highest BCUT2D eigenvalue weighted by molar-refractivity contribution is 5.20. The first-order valence-electron chi connectivity index (χ1n) is 6.26. The van der Waals surface area contributed by atoms with Crippen LogP contribution in [0.3, 0.4) is 0 Å². The number of furan rings is 1. The number of ether oxygens (including phenoxy) is 1. The quantitative estimate of drug-likeness (QED) is 0.866. The van der Waals surface area contributed by atoms with Crippen LogP contribution in [0, 0.1) is 6.92 Å². The molecule has 17 heavy (non-hydrogen) atoms. The first-order valence-corrected chi connectivity index (χ1v) is 6.26. The van der Waals surface area contributed by atoms with E-state index in [9.17, 15) is 0 Å². The van der Waals surface area contributed by atoms with E-state index < -0.39 is 0 Å². The molecular weight excluding hydrogens is 216 g/mol. The molecule has 1 aliphatic rings. The van der Waals surface area contributed by atoms with Crippen molar-refractivity contribution in [2.45, 2.75) is 39.0 Å². The minimum atomic E-state index is 0.369. The summed E-state index contributed by atoms with van der Waals surface area (Å²) >= 11 is 0. The summed E-state index contributed by atoms with van der Waals surface area (Å²) in [7, 11) is 1.79. The van der Waals surface area contributed by atoms with E-state index in [4.69, 9.17) is 14.9 Å². The third kappa shape index (κ3) is 3.09. The van der Waals surface area contributed by atoms with E-state index in [2.05, 4.69) is 11.0 Å². The SMILES string of the molecule is COC1CCCN(Cc2cc(CN)c(C)o2)C1. The monoisotopic (exact) mass is 238 g/mol. The normalized spacial score (nSPS) is 21.9. The van der Waals surface area contributed by atoms with Crippen LogP contribution >= 0.6 is 0 Å². The summed E-state index contributed by atoms with van der Waals surface area (Å²) in [6, 6.07) is 2.08. The zero-order chi connectivity index (χ0) is 12.3. The van der Waals surface area contributed by atoms with Crippen LogP contribution < -0.4 is 5.73 Å². The molecule has 0 saturated carbocycles. The minimum Gasteiger partial charge on any atom is -0.465 e. The van der Waals surface area contributed by atoms with Gasteiger partial charge in [-0.1, -0.05) is 0 Å². The van der Waals surface area contributed by atoms with Crippen molar-refractivity contribution in [2.75, 3.05) is 20.2 Å². The molecule has 1 aromatic heterocycles. The molecule has 96 valence electrons. The van der Waals surface area contributed by atoms with Crippen molar-refractivity contribution in [1.82, 2.24) is 4.90 Å². The van der Waals surface area contributed by atoms with Gasteiger partial charge in [-0.2, -0.15) is 0 Å². The molecule has 0 bridgehead atoms. The predicted molar refractivity (Wildman–Crippen MR) is 66.6 cm³/mol. The molecule has 0 spiro atoms. The highest BCUT2D eigenvalue weighted by atomic mass is 16.5. The smallest absolute Gasteiger partial charge is 0.118 e. The Labute approximate surface area is 103 Å². The van der Waals surface area contributed by atoms with Crippen molar-refractivity contribution in [3.05, 3.63) is 23.2 Å². The van der Waals surface area contributed by atoms with Gasteiger partial charge < -0.3 is 14.9 Å². The van der Waals surface area contributed by atoms with Crippen LogP contribution in [0.25, 0.3) is 0 Å². The van der Waals surface area contributed by atoms with E-state index >= 15 is 0 Å². The Bertz CT molecular complexity index is 362. The van der Waals surface area contributed by atoms with Crippen molar-refractivity contribution in [1.29, 1.82) is 0 Å². The van der Waals surface area contributed by atoms with Gasteiger partial charge in [0, 0.05) is 25.8 Å². The summed E-state index contributed by atoms with van der Waals surface area (Å²) in [5, 5.41) is 0. The van der Waals surface area contributed by atoms with Gasteiger partial charge in [-0.25, -0.2) is 0 Å². The molecule has 0 amide bonds. The van der Waals surface area contributed by atoms with E-state index in [-0.39, 0.29) is 0 Å². The third-order valence-electron chi connectivity index (χ3n) is 3.47. The van der Waals surface area contributed by atoms with Crippen molar-refractivity contribution in [3.8, 4) is 0 Å². The second kappa shape index (κ2) is 5.67. The molecule has 0 aliphatic carbocycles. The second-order valence-corrected chi connectivity index (χ2v) is 4.73. The van der Waals surface area contributed by atoms with Crippen LogP contribution in [-0.4, -0.2) is 31.2 Å². The van der Waals surface area contributed by atoms with E-state index in [0.717, 1.165) is 43.1 Å². The van der Waals surface area contributed by atoms with Crippen LogP contribution in [0.2, 0.25) is 0 Å². The number of nitrogens with zero attached hydrogens (tertiary/aromatic N) is 1. The number of methoxy groups -OCH3 is 1. The zero-order valence-electron chi connectivity index (χ0n) is 10.7. The molecule has 1 aliphatic heterocycles. The van der Waals surface area contributed by atoms with Gasteiger partial charge in [-0.3, -0.25) is 4.90 Å². The number of hydrogen-bond acceptors (Lipinski definition) is 4. The van der Waals surface area contributed by atoms with Gasteiger partial charge in [-0.05, 0) is 32.4 Å². The van der Waals surface area contributed by atoms with Gasteiger partial charge in [-0.15, -0.1) is 0 Å². The molecule has 0 radical (unpaired) electrons. The molecule has 2 N–H and O–H groups in total. The molecule has 0 aromatic carbocycles. The van der Waals surface area contributed by atoms with Gasteiger partial charge in [0.1, 0.15) is 11.5 Å². The van der Waals surface area contributed by atoms with Gasteiger partial charge in [0.25, 0.3) is 0 Å². The summed E-state index contributed by atoms with van der Waals surface area (Å²) in [6.45, 7) is 5.50. The Morgan fingerprint density at radius 3 is 3.06 bits per heavy atom. The number of aryl methyl sites for hydroxylation is 1. The summed E-state index contributed by atoms with van der Waals surface area (Å²) in [4.78, 5) is 2.39. The van der Waals surface area contributed by atoms with Crippen molar-refractivity contribution >= 4 is 0 Å². The van der Waals surface area contributed by atoms with Crippen LogP contribution in [-0.2, 0) is 17.8 Å². The molecular formula is C13H22N2O2. The minimum absolute atomic E-state index is 0.369. The number of rotatable bonds is 4. The Morgan fingerprint density at radius 1 is 1.59 bits per heavy atom. The average molecular weight is 238 g/mol. The largest absolute Gasteiger partial charge is 0.465 e. The molecule has 1 fully saturated rings. The number of piperidine rings is 1. The van der Waals surface area contributed by atoms with Crippen LogP contribution in [0.1, 0.15) is 29.9 Å². The maximum atomic E-state index is 5.71. The molecule has 4 nitrogen and oxygen atoms in total. The van der Waals surface area contributed by atoms with E-state index in [0.29, 0.717) is 12.6 Å². The van der Waals surface area contributed by atoms with Crippen molar-refractivity contribution in [2.24, 2.45) is 5.73 Å². The highest BCUT2D eigenvalue weighted by Gasteiger charge is 2.20. The molecule has 1 saturated heterocycles. The Hall–Kier alpha value is -0.840. The maximum Gasteiger partial charge on any atom is 0.118 e. The molecule has 2 rings (SSSR count).